The molecule has 0 amide bonds. The number of allylic oxidation sites excluding steroid dienone is 1. The summed E-state index contributed by atoms with van der Waals surface area (Å²) in [6.45, 7) is 4.19. The van der Waals surface area contributed by atoms with Crippen molar-refractivity contribution in [2.24, 2.45) is 0 Å². The molecule has 0 bridgehead atoms. The Bertz CT molecular complexity index is 850. The second-order valence-corrected chi connectivity index (χ2v) is 6.30. The Balaban J connectivity index is 2.24. The fraction of sp³-hybridized carbons (Fsp3) is 0.125. The molecule has 0 aliphatic carbocycles. The molecule has 21 heavy (non-hydrogen) atoms. The number of aromatic nitrogens is 2. The number of nitrogens with zero attached hydrogens (tertiary/aromatic N) is 2. The van der Waals surface area contributed by atoms with E-state index in [0.717, 1.165) is 20.4 Å². The lowest BCUT2D eigenvalue weighted by Crippen LogP contribution is -2.21. The quantitative estimate of drug-likeness (QED) is 0.414. The summed E-state index contributed by atoms with van der Waals surface area (Å²) in [5.41, 5.74) is 1.11. The Hall–Kier alpha value is -1.85. The minimum absolute atomic E-state index is 0.00248. The zero-order valence-electron chi connectivity index (χ0n) is 11.6. The van der Waals surface area contributed by atoms with Crippen LogP contribution in [0.3, 0.4) is 0 Å². The highest BCUT2D eigenvalue weighted by molar-refractivity contribution is 7.98. The number of thiophene rings is 1. The predicted octanol–water partition coefficient (Wildman–Crippen LogP) is 4.03. The summed E-state index contributed by atoms with van der Waals surface area (Å²) in [5.74, 6) is 0. The molecule has 5 heteroatoms. The van der Waals surface area contributed by atoms with Crippen molar-refractivity contribution < 1.29 is 0 Å². The Labute approximate surface area is 131 Å². The van der Waals surface area contributed by atoms with E-state index < -0.39 is 0 Å². The first-order valence-electron chi connectivity index (χ1n) is 6.49. The standard InChI is InChI=1S/C16H14N2OS2/c1-3-9-18-15(19)12-10-13(11-7-5-4-6-8-11)21-14(12)17-16(18)20-2/h3-8,10H,1,9H2,2H3. The van der Waals surface area contributed by atoms with E-state index in [-0.39, 0.29) is 5.56 Å². The van der Waals surface area contributed by atoms with Gasteiger partial charge in [0.1, 0.15) is 4.83 Å². The summed E-state index contributed by atoms with van der Waals surface area (Å²) in [6.07, 6.45) is 3.65. The maximum absolute atomic E-state index is 12.6. The lowest BCUT2D eigenvalue weighted by Gasteiger charge is -2.07. The van der Waals surface area contributed by atoms with E-state index >= 15 is 0 Å². The van der Waals surface area contributed by atoms with Gasteiger partial charge in [0.2, 0.25) is 0 Å². The van der Waals surface area contributed by atoms with Gasteiger partial charge in [-0.1, -0.05) is 48.2 Å². The number of rotatable bonds is 4. The second-order valence-electron chi connectivity index (χ2n) is 4.50. The molecule has 0 aliphatic heterocycles. The maximum atomic E-state index is 12.6. The van der Waals surface area contributed by atoms with Gasteiger partial charge in [0.05, 0.1) is 5.39 Å². The summed E-state index contributed by atoms with van der Waals surface area (Å²) < 4.78 is 1.67. The van der Waals surface area contributed by atoms with Crippen LogP contribution in [0.15, 0.2) is 59.0 Å². The van der Waals surface area contributed by atoms with E-state index in [1.165, 1.54) is 11.8 Å². The monoisotopic (exact) mass is 314 g/mol. The van der Waals surface area contributed by atoms with E-state index in [2.05, 4.69) is 11.6 Å². The lowest BCUT2D eigenvalue weighted by atomic mass is 10.2. The Morgan fingerprint density at radius 3 is 2.81 bits per heavy atom. The van der Waals surface area contributed by atoms with Crippen molar-refractivity contribution in [3.63, 3.8) is 0 Å². The van der Waals surface area contributed by atoms with Crippen LogP contribution in [0.4, 0.5) is 0 Å². The van der Waals surface area contributed by atoms with Gasteiger partial charge in [-0.3, -0.25) is 9.36 Å². The Morgan fingerprint density at radius 1 is 1.38 bits per heavy atom. The average Bonchev–Trinajstić information content (AvgIpc) is 2.95. The molecule has 0 atom stereocenters. The van der Waals surface area contributed by atoms with Crippen molar-refractivity contribution in [2.45, 2.75) is 11.7 Å². The molecule has 0 spiro atoms. The van der Waals surface area contributed by atoms with Gasteiger partial charge < -0.3 is 0 Å². The smallest absolute Gasteiger partial charge is 0.263 e. The van der Waals surface area contributed by atoms with Crippen LogP contribution in [0.2, 0.25) is 0 Å². The summed E-state index contributed by atoms with van der Waals surface area (Å²) >= 11 is 3.04. The molecule has 0 fully saturated rings. The second kappa shape index (κ2) is 5.87. The highest BCUT2D eigenvalue weighted by Gasteiger charge is 2.13. The van der Waals surface area contributed by atoms with E-state index in [4.69, 9.17) is 0 Å². The van der Waals surface area contributed by atoms with E-state index in [9.17, 15) is 4.79 Å². The zero-order valence-corrected chi connectivity index (χ0v) is 13.2. The van der Waals surface area contributed by atoms with Gasteiger partial charge in [-0.15, -0.1) is 17.9 Å². The first-order chi connectivity index (χ1) is 10.2. The first-order valence-corrected chi connectivity index (χ1v) is 8.53. The van der Waals surface area contributed by atoms with Gasteiger partial charge in [-0.25, -0.2) is 4.98 Å². The lowest BCUT2D eigenvalue weighted by molar-refractivity contribution is 0.674. The highest BCUT2D eigenvalue weighted by atomic mass is 32.2. The molecule has 1 aromatic carbocycles. The van der Waals surface area contributed by atoms with Crippen LogP contribution in [0.25, 0.3) is 20.7 Å². The Morgan fingerprint density at radius 2 is 2.14 bits per heavy atom. The minimum atomic E-state index is 0.00248. The molecule has 0 saturated carbocycles. The van der Waals surface area contributed by atoms with Gasteiger partial charge in [-0.05, 0) is 17.9 Å². The minimum Gasteiger partial charge on any atom is -0.283 e. The summed E-state index contributed by atoms with van der Waals surface area (Å²) in [4.78, 5) is 19.1. The fourth-order valence-corrected chi connectivity index (χ4v) is 3.83. The molecule has 2 heterocycles. The molecule has 0 N–H and O–H groups in total. The van der Waals surface area contributed by atoms with Crippen LogP contribution in [0.5, 0.6) is 0 Å². The third kappa shape index (κ3) is 2.54. The summed E-state index contributed by atoms with van der Waals surface area (Å²) in [7, 11) is 0. The number of thioether (sulfide) groups is 1. The van der Waals surface area contributed by atoms with Gasteiger partial charge in [0.25, 0.3) is 5.56 Å². The van der Waals surface area contributed by atoms with Crippen molar-refractivity contribution in [2.75, 3.05) is 6.26 Å². The maximum Gasteiger partial charge on any atom is 0.263 e. The van der Waals surface area contributed by atoms with Crippen molar-refractivity contribution in [1.29, 1.82) is 0 Å². The normalized spacial score (nSPS) is 10.9. The molecule has 0 saturated heterocycles. The topological polar surface area (TPSA) is 34.9 Å². The molecule has 106 valence electrons. The number of hydrogen-bond donors (Lipinski definition) is 0. The van der Waals surface area contributed by atoms with E-state index in [1.807, 2.05) is 42.7 Å². The summed E-state index contributed by atoms with van der Waals surface area (Å²) in [6, 6.07) is 12.0. The molecule has 3 aromatic rings. The largest absolute Gasteiger partial charge is 0.283 e. The number of benzene rings is 1. The predicted molar refractivity (Wildman–Crippen MR) is 91.3 cm³/mol. The molecular formula is C16H14N2OS2. The molecule has 3 nitrogen and oxygen atoms in total. The molecule has 0 aliphatic rings. The fourth-order valence-electron chi connectivity index (χ4n) is 2.19. The highest BCUT2D eigenvalue weighted by Crippen LogP contribution is 2.31. The number of hydrogen-bond acceptors (Lipinski definition) is 4. The molecule has 2 aromatic heterocycles. The molecule has 0 unspecified atom stereocenters. The zero-order chi connectivity index (χ0) is 14.8. The first kappa shape index (κ1) is 14.1. The van der Waals surface area contributed by atoms with Gasteiger partial charge in [-0.2, -0.15) is 0 Å². The van der Waals surface area contributed by atoms with Crippen molar-refractivity contribution in [1.82, 2.24) is 9.55 Å². The van der Waals surface area contributed by atoms with Crippen LogP contribution in [0.1, 0.15) is 0 Å². The van der Waals surface area contributed by atoms with Gasteiger partial charge in [0.15, 0.2) is 5.16 Å². The van der Waals surface area contributed by atoms with E-state index in [1.54, 1.807) is 22.0 Å². The third-order valence-corrected chi connectivity index (χ3v) is 4.92. The van der Waals surface area contributed by atoms with Crippen LogP contribution in [-0.4, -0.2) is 15.8 Å². The SMILES string of the molecule is C=CCn1c(SC)nc2sc(-c3ccccc3)cc2c1=O. The molecule has 3 rings (SSSR count). The van der Waals surface area contributed by atoms with Crippen LogP contribution in [-0.2, 0) is 6.54 Å². The van der Waals surface area contributed by atoms with Crippen molar-refractivity contribution in [3.05, 3.63) is 59.4 Å². The molecular weight excluding hydrogens is 300 g/mol. The van der Waals surface area contributed by atoms with Crippen LogP contribution >= 0.6 is 23.1 Å². The van der Waals surface area contributed by atoms with Crippen LogP contribution in [0, 0.1) is 0 Å². The van der Waals surface area contributed by atoms with Crippen molar-refractivity contribution >= 4 is 33.3 Å². The van der Waals surface area contributed by atoms with E-state index in [0.29, 0.717) is 11.9 Å². The summed E-state index contributed by atoms with van der Waals surface area (Å²) in [5, 5.41) is 1.41. The Kier molecular flexibility index (Phi) is 3.94. The molecule has 0 radical (unpaired) electrons. The average molecular weight is 314 g/mol. The third-order valence-electron chi connectivity index (χ3n) is 3.17. The van der Waals surface area contributed by atoms with Crippen LogP contribution < -0.4 is 5.56 Å². The van der Waals surface area contributed by atoms with Gasteiger partial charge in [0, 0.05) is 11.4 Å². The number of fused-ring (bicyclic) bond motifs is 1. The van der Waals surface area contributed by atoms with Crippen molar-refractivity contribution in [3.8, 4) is 10.4 Å². The van der Waals surface area contributed by atoms with Gasteiger partial charge >= 0.3 is 0 Å².